The molecule has 0 amide bonds. The molecule has 1 N–H and O–H groups in total. The number of nitrogens with zero attached hydrogens (tertiary/aromatic N) is 2. The van der Waals surface area contributed by atoms with Crippen LogP contribution in [0.4, 0.5) is 0 Å². The van der Waals surface area contributed by atoms with Gasteiger partial charge in [-0.25, -0.2) is 0 Å². The first kappa shape index (κ1) is 22.2. The highest BCUT2D eigenvalue weighted by molar-refractivity contribution is 6.35. The van der Waals surface area contributed by atoms with E-state index in [4.69, 9.17) is 16.4 Å². The Morgan fingerprint density at radius 1 is 1.18 bits per heavy atom. The van der Waals surface area contributed by atoms with Crippen LogP contribution in [0.3, 0.4) is 0 Å². The maximum absolute atomic E-state index is 11.2. The first-order valence-electron chi connectivity index (χ1n) is 9.10. The maximum atomic E-state index is 11.2. The molecular formula is C21H24Cl2N2O3. The number of hydrogen-bond donors (Lipinski definition) is 1. The number of carboxylic acid groups (broad SMARTS) is 1. The number of hydrogen-bond acceptors (Lipinski definition) is 4. The minimum Gasteiger partial charge on any atom is -0.481 e. The summed E-state index contributed by atoms with van der Waals surface area (Å²) in [5.41, 5.74) is 2.42. The molecule has 0 bridgehead atoms. The van der Waals surface area contributed by atoms with Crippen LogP contribution in [0.1, 0.15) is 24.0 Å². The Morgan fingerprint density at radius 2 is 1.89 bits per heavy atom. The highest BCUT2D eigenvalue weighted by Gasteiger charge is 2.25. The Hall–Kier alpha value is -2.08. The molecule has 0 radical (unpaired) electrons. The number of halogens is 2. The number of piperidine rings is 1. The Morgan fingerprint density at radius 3 is 2.61 bits per heavy atom. The quantitative estimate of drug-likeness (QED) is 0.409. The third-order valence-electron chi connectivity index (χ3n) is 4.69. The van der Waals surface area contributed by atoms with Gasteiger partial charge in [0.1, 0.15) is 12.3 Å². The van der Waals surface area contributed by atoms with Crippen molar-refractivity contribution in [2.24, 2.45) is 11.1 Å². The van der Waals surface area contributed by atoms with E-state index in [1.54, 1.807) is 0 Å². The van der Waals surface area contributed by atoms with E-state index in [9.17, 15) is 9.90 Å². The lowest BCUT2D eigenvalue weighted by molar-refractivity contribution is -0.143. The van der Waals surface area contributed by atoms with Crippen LogP contribution < -0.4 is 0 Å². The van der Waals surface area contributed by atoms with Crippen molar-refractivity contribution in [2.75, 3.05) is 26.2 Å². The smallest absolute Gasteiger partial charge is 0.307 e. The fraction of sp³-hybridized carbons (Fsp3) is 0.333. The van der Waals surface area contributed by atoms with Crippen LogP contribution in [0.25, 0.3) is 0 Å². The summed E-state index contributed by atoms with van der Waals surface area (Å²) in [6.07, 6.45) is 1.64. The Bertz CT molecular complexity index is 799. The van der Waals surface area contributed by atoms with Gasteiger partial charge in [0.2, 0.25) is 0 Å². The standard InChI is InChI=1S/C21H23ClN2O3.ClH/c22-19-11-5-4-10-18(19)20(16-7-2-1-3-8-16)23-27-14-13-24-12-6-9-17(15-24)21(25)26;/h1-5,7-8,10-11,17H,6,9,12-15H2,(H,25,26);1H/b23-20+;. The van der Waals surface area contributed by atoms with Gasteiger partial charge in [-0.05, 0) is 25.5 Å². The van der Waals surface area contributed by atoms with Gasteiger partial charge in [-0.3, -0.25) is 9.69 Å². The number of rotatable bonds is 7. The van der Waals surface area contributed by atoms with Crippen LogP contribution in [0.2, 0.25) is 5.02 Å². The van der Waals surface area contributed by atoms with E-state index in [0.29, 0.717) is 30.4 Å². The molecule has 0 saturated carbocycles. The van der Waals surface area contributed by atoms with Crippen molar-refractivity contribution in [2.45, 2.75) is 12.8 Å². The Labute approximate surface area is 176 Å². The van der Waals surface area contributed by atoms with E-state index in [1.165, 1.54) is 0 Å². The lowest BCUT2D eigenvalue weighted by Gasteiger charge is -2.29. The van der Waals surface area contributed by atoms with Crippen LogP contribution in [0.15, 0.2) is 59.8 Å². The zero-order chi connectivity index (χ0) is 19.1. The molecule has 1 heterocycles. The van der Waals surface area contributed by atoms with E-state index in [2.05, 4.69) is 10.1 Å². The highest BCUT2D eigenvalue weighted by Crippen LogP contribution is 2.20. The van der Waals surface area contributed by atoms with Gasteiger partial charge in [0.15, 0.2) is 0 Å². The largest absolute Gasteiger partial charge is 0.481 e. The maximum Gasteiger partial charge on any atom is 0.307 e. The summed E-state index contributed by atoms with van der Waals surface area (Å²) in [6, 6.07) is 17.3. The molecule has 1 aliphatic heterocycles. The van der Waals surface area contributed by atoms with E-state index in [0.717, 1.165) is 30.5 Å². The number of aliphatic carboxylic acids is 1. The van der Waals surface area contributed by atoms with Crippen molar-refractivity contribution in [3.8, 4) is 0 Å². The molecule has 0 aromatic heterocycles. The van der Waals surface area contributed by atoms with Gasteiger partial charge >= 0.3 is 5.97 Å². The van der Waals surface area contributed by atoms with Gasteiger partial charge in [-0.1, -0.05) is 65.3 Å². The predicted octanol–water partition coefficient (Wildman–Crippen LogP) is 4.33. The highest BCUT2D eigenvalue weighted by atomic mass is 35.5. The Balaban J connectivity index is 0.00000280. The molecule has 7 heteroatoms. The molecule has 1 unspecified atom stereocenters. The third-order valence-corrected chi connectivity index (χ3v) is 5.02. The second-order valence-corrected chi connectivity index (χ2v) is 7.00. The molecule has 0 aliphatic carbocycles. The SMILES string of the molecule is Cl.O=C(O)C1CCCN(CCO/N=C(\c2ccccc2)c2ccccc2Cl)C1. The lowest BCUT2D eigenvalue weighted by atomic mass is 9.98. The van der Waals surface area contributed by atoms with Gasteiger partial charge < -0.3 is 9.94 Å². The molecule has 1 fully saturated rings. The second kappa shape index (κ2) is 11.1. The molecule has 2 aromatic rings. The number of benzene rings is 2. The summed E-state index contributed by atoms with van der Waals surface area (Å²) in [4.78, 5) is 18.9. The number of oxime groups is 1. The normalized spacial score (nSPS) is 17.6. The summed E-state index contributed by atoms with van der Waals surface area (Å²) in [7, 11) is 0. The molecule has 1 saturated heterocycles. The van der Waals surface area contributed by atoms with Crippen LogP contribution in [0, 0.1) is 5.92 Å². The fourth-order valence-electron chi connectivity index (χ4n) is 3.25. The van der Waals surface area contributed by atoms with E-state index >= 15 is 0 Å². The second-order valence-electron chi connectivity index (χ2n) is 6.60. The molecule has 2 aromatic carbocycles. The van der Waals surface area contributed by atoms with Crippen LogP contribution in [-0.2, 0) is 9.63 Å². The van der Waals surface area contributed by atoms with Gasteiger partial charge in [-0.15, -0.1) is 12.4 Å². The Kier molecular flexibility index (Phi) is 8.77. The molecule has 1 atom stereocenters. The first-order chi connectivity index (χ1) is 13.1. The van der Waals surface area contributed by atoms with Gasteiger partial charge in [0.25, 0.3) is 0 Å². The first-order valence-corrected chi connectivity index (χ1v) is 9.48. The van der Waals surface area contributed by atoms with Crippen LogP contribution >= 0.6 is 24.0 Å². The summed E-state index contributed by atoms with van der Waals surface area (Å²) in [5, 5.41) is 14.2. The monoisotopic (exact) mass is 422 g/mol. The van der Waals surface area contributed by atoms with Crippen molar-refractivity contribution in [1.29, 1.82) is 0 Å². The minimum atomic E-state index is -0.719. The zero-order valence-corrected chi connectivity index (χ0v) is 17.0. The topological polar surface area (TPSA) is 62.1 Å². The predicted molar refractivity (Wildman–Crippen MR) is 114 cm³/mol. The van der Waals surface area contributed by atoms with Gasteiger partial charge in [0, 0.05) is 24.2 Å². The van der Waals surface area contributed by atoms with Gasteiger partial charge in [0.05, 0.1) is 10.9 Å². The van der Waals surface area contributed by atoms with E-state index < -0.39 is 5.97 Å². The molecular weight excluding hydrogens is 399 g/mol. The third kappa shape index (κ3) is 5.96. The van der Waals surface area contributed by atoms with Crippen molar-refractivity contribution in [3.05, 3.63) is 70.7 Å². The number of carboxylic acids is 1. The zero-order valence-electron chi connectivity index (χ0n) is 15.5. The van der Waals surface area contributed by atoms with Crippen LogP contribution in [0.5, 0.6) is 0 Å². The molecule has 150 valence electrons. The molecule has 0 spiro atoms. The van der Waals surface area contributed by atoms with E-state index in [1.807, 2.05) is 54.6 Å². The van der Waals surface area contributed by atoms with Crippen molar-refractivity contribution in [1.82, 2.24) is 4.90 Å². The summed E-state index contributed by atoms with van der Waals surface area (Å²) in [6.45, 7) is 2.51. The average Bonchev–Trinajstić information content (AvgIpc) is 2.70. The molecule has 28 heavy (non-hydrogen) atoms. The fourth-order valence-corrected chi connectivity index (χ4v) is 3.47. The van der Waals surface area contributed by atoms with Crippen molar-refractivity contribution in [3.63, 3.8) is 0 Å². The number of carbonyl (C=O) groups is 1. The average molecular weight is 423 g/mol. The molecule has 1 aliphatic rings. The summed E-state index contributed by atoms with van der Waals surface area (Å²) < 4.78 is 0. The van der Waals surface area contributed by atoms with Crippen LogP contribution in [-0.4, -0.2) is 47.9 Å². The number of likely N-dealkylation sites (tertiary alicyclic amines) is 1. The van der Waals surface area contributed by atoms with E-state index in [-0.39, 0.29) is 18.3 Å². The van der Waals surface area contributed by atoms with Gasteiger partial charge in [-0.2, -0.15) is 0 Å². The minimum absolute atomic E-state index is 0. The summed E-state index contributed by atoms with van der Waals surface area (Å²) in [5.74, 6) is -1.01. The molecule has 5 nitrogen and oxygen atoms in total. The molecule has 3 rings (SSSR count). The van der Waals surface area contributed by atoms with Crippen molar-refractivity contribution < 1.29 is 14.7 Å². The summed E-state index contributed by atoms with van der Waals surface area (Å²) >= 11 is 6.35. The lowest BCUT2D eigenvalue weighted by Crippen LogP contribution is -2.40. The van der Waals surface area contributed by atoms with Crippen molar-refractivity contribution >= 4 is 35.7 Å².